The third-order valence-electron chi connectivity index (χ3n) is 3.40. The number of ether oxygens (including phenoxy) is 2. The minimum atomic E-state index is -0.660. The molecule has 5 nitrogen and oxygen atoms in total. The fraction of sp³-hybridized carbons (Fsp3) is 0.263. The zero-order chi connectivity index (χ0) is 18.2. The van der Waals surface area contributed by atoms with Gasteiger partial charge in [-0.1, -0.05) is 24.6 Å². The molecule has 0 bridgehead atoms. The number of carbonyl (C=O) groups excluding carboxylic acids is 2. The lowest BCUT2D eigenvalue weighted by molar-refractivity contribution is -0.122. The lowest BCUT2D eigenvalue weighted by Gasteiger charge is -2.17. The van der Waals surface area contributed by atoms with E-state index >= 15 is 0 Å². The molecule has 0 heterocycles. The molecule has 1 atom stereocenters. The van der Waals surface area contributed by atoms with Crippen LogP contribution in [0.2, 0.25) is 5.02 Å². The SMILES string of the molecule is CCOC(=O)c1cccc(NC(=O)[C@H](CC)Oc2ccc(Cl)cc2)c1. The van der Waals surface area contributed by atoms with Gasteiger partial charge in [-0.05, 0) is 55.8 Å². The summed E-state index contributed by atoms with van der Waals surface area (Å²) in [5.41, 5.74) is 0.889. The van der Waals surface area contributed by atoms with Gasteiger partial charge in [0.05, 0.1) is 12.2 Å². The first-order chi connectivity index (χ1) is 12.0. The van der Waals surface area contributed by atoms with Crippen LogP contribution < -0.4 is 10.1 Å². The van der Waals surface area contributed by atoms with E-state index in [1.807, 2.05) is 6.92 Å². The van der Waals surface area contributed by atoms with E-state index in [2.05, 4.69) is 5.32 Å². The average Bonchev–Trinajstić information content (AvgIpc) is 2.61. The Bertz CT molecular complexity index is 730. The summed E-state index contributed by atoms with van der Waals surface area (Å²) in [5, 5.41) is 3.36. The molecule has 0 radical (unpaired) electrons. The summed E-state index contributed by atoms with van der Waals surface area (Å²) in [4.78, 5) is 24.2. The Kier molecular flexibility index (Phi) is 6.83. The maximum atomic E-state index is 12.4. The smallest absolute Gasteiger partial charge is 0.338 e. The van der Waals surface area contributed by atoms with Gasteiger partial charge in [-0.3, -0.25) is 4.79 Å². The second-order valence-corrected chi connectivity index (χ2v) is 5.70. The highest BCUT2D eigenvalue weighted by molar-refractivity contribution is 6.30. The summed E-state index contributed by atoms with van der Waals surface area (Å²) >= 11 is 5.84. The molecule has 2 aromatic rings. The summed E-state index contributed by atoms with van der Waals surface area (Å²) in [6.45, 7) is 3.89. The Morgan fingerprint density at radius 1 is 1.12 bits per heavy atom. The average molecular weight is 362 g/mol. The highest BCUT2D eigenvalue weighted by atomic mass is 35.5. The van der Waals surface area contributed by atoms with Gasteiger partial charge in [-0.15, -0.1) is 0 Å². The van der Waals surface area contributed by atoms with Crippen molar-refractivity contribution >= 4 is 29.2 Å². The molecule has 1 N–H and O–H groups in total. The molecule has 0 aliphatic heterocycles. The molecule has 0 aromatic heterocycles. The predicted molar refractivity (Wildman–Crippen MR) is 97.2 cm³/mol. The van der Waals surface area contributed by atoms with Gasteiger partial charge < -0.3 is 14.8 Å². The number of hydrogen-bond acceptors (Lipinski definition) is 4. The molecule has 0 fully saturated rings. The second-order valence-electron chi connectivity index (χ2n) is 5.26. The fourth-order valence-corrected chi connectivity index (χ4v) is 2.29. The minimum Gasteiger partial charge on any atom is -0.481 e. The van der Waals surface area contributed by atoms with Gasteiger partial charge in [0.2, 0.25) is 0 Å². The molecule has 0 aliphatic rings. The maximum Gasteiger partial charge on any atom is 0.338 e. The third kappa shape index (κ3) is 5.50. The van der Waals surface area contributed by atoms with Gasteiger partial charge in [-0.25, -0.2) is 4.79 Å². The van der Waals surface area contributed by atoms with Crippen molar-refractivity contribution in [3.63, 3.8) is 0 Å². The summed E-state index contributed by atoms with van der Waals surface area (Å²) in [7, 11) is 0. The van der Waals surface area contributed by atoms with Gasteiger partial charge in [0.15, 0.2) is 6.10 Å². The van der Waals surface area contributed by atoms with Crippen LogP contribution in [-0.2, 0) is 9.53 Å². The first-order valence-corrected chi connectivity index (χ1v) is 8.41. The maximum absolute atomic E-state index is 12.4. The minimum absolute atomic E-state index is 0.293. The van der Waals surface area contributed by atoms with Gasteiger partial charge in [0.1, 0.15) is 5.75 Å². The van der Waals surface area contributed by atoms with Crippen LogP contribution in [0.1, 0.15) is 30.6 Å². The summed E-state index contributed by atoms with van der Waals surface area (Å²) in [5.74, 6) is -0.159. The summed E-state index contributed by atoms with van der Waals surface area (Å²) in [6, 6.07) is 13.4. The van der Waals surface area contributed by atoms with Crippen LogP contribution in [0.15, 0.2) is 48.5 Å². The van der Waals surface area contributed by atoms with Crippen molar-refractivity contribution in [2.75, 3.05) is 11.9 Å². The number of esters is 1. The molecule has 2 rings (SSSR count). The number of anilines is 1. The molecule has 0 saturated heterocycles. The van der Waals surface area contributed by atoms with Crippen molar-refractivity contribution in [1.82, 2.24) is 0 Å². The molecular weight excluding hydrogens is 342 g/mol. The van der Waals surface area contributed by atoms with Gasteiger partial charge in [0.25, 0.3) is 5.91 Å². The van der Waals surface area contributed by atoms with Crippen molar-refractivity contribution in [1.29, 1.82) is 0 Å². The van der Waals surface area contributed by atoms with E-state index in [9.17, 15) is 9.59 Å². The Balaban J connectivity index is 2.05. The zero-order valence-corrected chi connectivity index (χ0v) is 14.9. The number of hydrogen-bond donors (Lipinski definition) is 1. The fourth-order valence-electron chi connectivity index (χ4n) is 2.16. The number of amides is 1. The van der Waals surface area contributed by atoms with Crippen molar-refractivity contribution < 1.29 is 19.1 Å². The van der Waals surface area contributed by atoms with Gasteiger partial charge >= 0.3 is 5.97 Å². The summed E-state index contributed by atoms with van der Waals surface area (Å²) in [6.07, 6.45) is -0.168. The van der Waals surface area contributed by atoms with Crippen LogP contribution in [-0.4, -0.2) is 24.6 Å². The largest absolute Gasteiger partial charge is 0.481 e. The van der Waals surface area contributed by atoms with E-state index < -0.39 is 12.1 Å². The number of benzene rings is 2. The van der Waals surface area contributed by atoms with Gasteiger partial charge in [-0.2, -0.15) is 0 Å². The van der Waals surface area contributed by atoms with Crippen LogP contribution in [0, 0.1) is 0 Å². The Morgan fingerprint density at radius 2 is 1.84 bits per heavy atom. The Morgan fingerprint density at radius 3 is 2.48 bits per heavy atom. The standard InChI is InChI=1S/C19H20ClNO4/c1-3-17(25-16-10-8-14(20)9-11-16)18(22)21-15-7-5-6-13(12-15)19(23)24-4-2/h5-12,17H,3-4H2,1-2H3,(H,21,22)/t17-/m0/s1. The van der Waals surface area contributed by atoms with Crippen LogP contribution in [0.25, 0.3) is 0 Å². The van der Waals surface area contributed by atoms with Gasteiger partial charge in [0, 0.05) is 10.7 Å². The lowest BCUT2D eigenvalue weighted by atomic mass is 10.2. The molecule has 0 saturated carbocycles. The monoisotopic (exact) mass is 361 g/mol. The predicted octanol–water partition coefficient (Wildman–Crippen LogP) is 4.31. The number of carbonyl (C=O) groups is 2. The van der Waals surface area contributed by atoms with Crippen LogP contribution in [0.5, 0.6) is 5.75 Å². The Hall–Kier alpha value is -2.53. The molecule has 2 aromatic carbocycles. The lowest BCUT2D eigenvalue weighted by Crippen LogP contribution is -2.32. The number of rotatable bonds is 7. The molecule has 0 unspecified atom stereocenters. The third-order valence-corrected chi connectivity index (χ3v) is 3.65. The van der Waals surface area contributed by atoms with E-state index in [0.717, 1.165) is 0 Å². The van der Waals surface area contributed by atoms with E-state index in [1.54, 1.807) is 55.5 Å². The highest BCUT2D eigenvalue weighted by Gasteiger charge is 2.19. The quantitative estimate of drug-likeness (QED) is 0.746. The van der Waals surface area contributed by atoms with Crippen molar-refractivity contribution in [3.05, 3.63) is 59.1 Å². The Labute approximate surface area is 151 Å². The molecular formula is C19H20ClNO4. The molecule has 25 heavy (non-hydrogen) atoms. The number of halogens is 1. The van der Waals surface area contributed by atoms with Crippen LogP contribution >= 0.6 is 11.6 Å². The van der Waals surface area contributed by atoms with Crippen molar-refractivity contribution in [2.24, 2.45) is 0 Å². The topological polar surface area (TPSA) is 64.6 Å². The van der Waals surface area contributed by atoms with Crippen LogP contribution in [0.4, 0.5) is 5.69 Å². The van der Waals surface area contributed by atoms with E-state index in [-0.39, 0.29) is 5.91 Å². The molecule has 1 amide bonds. The van der Waals surface area contributed by atoms with E-state index in [0.29, 0.717) is 35.1 Å². The first-order valence-electron chi connectivity index (χ1n) is 8.03. The van der Waals surface area contributed by atoms with Crippen molar-refractivity contribution in [2.45, 2.75) is 26.4 Å². The molecule has 132 valence electrons. The first kappa shape index (κ1) is 18.8. The molecule has 0 spiro atoms. The summed E-state index contributed by atoms with van der Waals surface area (Å²) < 4.78 is 10.7. The number of nitrogens with one attached hydrogen (secondary N) is 1. The highest BCUT2D eigenvalue weighted by Crippen LogP contribution is 2.19. The second kappa shape index (κ2) is 9.08. The van der Waals surface area contributed by atoms with E-state index in [4.69, 9.17) is 21.1 Å². The van der Waals surface area contributed by atoms with Crippen LogP contribution in [0.3, 0.4) is 0 Å². The zero-order valence-electron chi connectivity index (χ0n) is 14.1. The molecule has 0 aliphatic carbocycles. The normalized spacial score (nSPS) is 11.5. The molecule has 6 heteroatoms. The van der Waals surface area contributed by atoms with E-state index in [1.165, 1.54) is 0 Å². The van der Waals surface area contributed by atoms with Crippen molar-refractivity contribution in [3.8, 4) is 5.75 Å².